The molecule has 1 fully saturated rings. The molecular formula is C24H21F2N5O3. The Hall–Kier alpha value is -3.92. The third kappa shape index (κ3) is 4.08. The summed E-state index contributed by atoms with van der Waals surface area (Å²) in [5.41, 5.74) is 7.53. The summed E-state index contributed by atoms with van der Waals surface area (Å²) in [6, 6.07) is 7.08. The molecule has 8 nitrogen and oxygen atoms in total. The lowest BCUT2D eigenvalue weighted by molar-refractivity contribution is 0.0963. The van der Waals surface area contributed by atoms with Gasteiger partial charge in [0.25, 0.3) is 5.91 Å². The highest BCUT2D eigenvalue weighted by Crippen LogP contribution is 2.31. The number of primary amides is 1. The predicted octanol–water partition coefficient (Wildman–Crippen LogP) is 2.19. The second-order valence-corrected chi connectivity index (χ2v) is 8.13. The average molecular weight is 465 g/mol. The Morgan fingerprint density at radius 3 is 2.50 bits per heavy atom. The van der Waals surface area contributed by atoms with Crippen molar-refractivity contribution < 1.29 is 23.1 Å². The van der Waals surface area contributed by atoms with Crippen LogP contribution in [0.4, 0.5) is 14.5 Å². The van der Waals surface area contributed by atoms with Crippen LogP contribution in [-0.2, 0) is 17.7 Å². The van der Waals surface area contributed by atoms with E-state index in [0.29, 0.717) is 35.7 Å². The molecule has 0 atom stereocenters. The number of nitrogens with one attached hydrogen (secondary N) is 1. The number of nitrogens with zero attached hydrogens (tertiary/aromatic N) is 3. The van der Waals surface area contributed by atoms with Crippen LogP contribution in [0.25, 0.3) is 11.3 Å². The molecule has 0 saturated carbocycles. The minimum atomic E-state index is -0.961. The molecule has 5 rings (SSSR count). The van der Waals surface area contributed by atoms with Crippen molar-refractivity contribution in [1.29, 1.82) is 0 Å². The first kappa shape index (κ1) is 21.9. The summed E-state index contributed by atoms with van der Waals surface area (Å²) in [6.45, 7) is 3.05. The fraction of sp³-hybridized carbons (Fsp3) is 0.250. The fourth-order valence-electron chi connectivity index (χ4n) is 4.27. The summed E-state index contributed by atoms with van der Waals surface area (Å²) < 4.78 is 34.9. The topological polar surface area (TPSA) is 110 Å². The molecular weight excluding hydrogens is 444 g/mol. The van der Waals surface area contributed by atoms with E-state index in [9.17, 15) is 18.4 Å². The average Bonchev–Trinajstić information content (AvgIpc) is 3.20. The van der Waals surface area contributed by atoms with Crippen LogP contribution in [0.5, 0.6) is 0 Å². The molecule has 0 unspecified atom stereocenters. The van der Waals surface area contributed by atoms with Gasteiger partial charge in [0.05, 0.1) is 54.2 Å². The van der Waals surface area contributed by atoms with Crippen LogP contribution in [0.3, 0.4) is 0 Å². The second-order valence-electron chi connectivity index (χ2n) is 8.13. The molecule has 1 saturated heterocycles. The van der Waals surface area contributed by atoms with Crippen molar-refractivity contribution in [3.05, 3.63) is 76.2 Å². The molecule has 10 heteroatoms. The molecule has 34 heavy (non-hydrogen) atoms. The largest absolute Gasteiger partial charge is 0.378 e. The van der Waals surface area contributed by atoms with Crippen molar-refractivity contribution in [3.63, 3.8) is 0 Å². The Kier molecular flexibility index (Phi) is 5.66. The highest BCUT2D eigenvalue weighted by Gasteiger charge is 2.27. The van der Waals surface area contributed by atoms with Crippen molar-refractivity contribution >= 4 is 17.5 Å². The number of benzene rings is 1. The molecule has 3 aromatic rings. The van der Waals surface area contributed by atoms with Crippen LogP contribution in [0.2, 0.25) is 0 Å². The molecule has 4 heterocycles. The minimum Gasteiger partial charge on any atom is -0.378 e. The number of aromatic nitrogens is 2. The van der Waals surface area contributed by atoms with Crippen LogP contribution < -0.4 is 16.0 Å². The van der Waals surface area contributed by atoms with Gasteiger partial charge in [-0.3, -0.25) is 14.6 Å². The SMILES string of the molecule is NC(=O)c1cc(F)c(-c2cc(Cc3ccc(N4CCOCC4)cn3)c3c(n2)CNC3=O)c(F)c1. The quantitative estimate of drug-likeness (QED) is 0.598. The number of anilines is 1. The smallest absolute Gasteiger partial charge is 0.253 e. The van der Waals surface area contributed by atoms with Crippen LogP contribution in [0.15, 0.2) is 36.5 Å². The summed E-state index contributed by atoms with van der Waals surface area (Å²) in [4.78, 5) is 34.8. The van der Waals surface area contributed by atoms with Crippen LogP contribution in [-0.4, -0.2) is 48.1 Å². The zero-order valence-electron chi connectivity index (χ0n) is 18.1. The number of nitrogens with two attached hydrogens (primary N) is 1. The Morgan fingerprint density at radius 1 is 1.12 bits per heavy atom. The van der Waals surface area contributed by atoms with E-state index in [-0.39, 0.29) is 35.7 Å². The molecule has 0 radical (unpaired) electrons. The van der Waals surface area contributed by atoms with Crippen LogP contribution in [0.1, 0.15) is 37.7 Å². The third-order valence-corrected chi connectivity index (χ3v) is 5.96. The van der Waals surface area contributed by atoms with Crippen molar-refractivity contribution in [1.82, 2.24) is 15.3 Å². The number of amides is 2. The number of carbonyl (C=O) groups excluding carboxylic acids is 2. The van der Waals surface area contributed by atoms with E-state index >= 15 is 0 Å². The van der Waals surface area contributed by atoms with Gasteiger partial charge in [-0.1, -0.05) is 0 Å². The number of hydrogen-bond acceptors (Lipinski definition) is 6. The Labute approximate surface area is 193 Å². The summed E-state index contributed by atoms with van der Waals surface area (Å²) in [7, 11) is 0. The lowest BCUT2D eigenvalue weighted by Gasteiger charge is -2.28. The number of pyridine rings is 2. The van der Waals surface area contributed by atoms with Crippen molar-refractivity contribution in [2.75, 3.05) is 31.2 Å². The van der Waals surface area contributed by atoms with Crippen molar-refractivity contribution in [2.24, 2.45) is 5.73 Å². The van der Waals surface area contributed by atoms with E-state index in [1.807, 2.05) is 12.1 Å². The van der Waals surface area contributed by atoms with E-state index < -0.39 is 17.5 Å². The zero-order chi connectivity index (χ0) is 23.8. The molecule has 174 valence electrons. The van der Waals surface area contributed by atoms with Crippen molar-refractivity contribution in [2.45, 2.75) is 13.0 Å². The summed E-state index contributed by atoms with van der Waals surface area (Å²) in [6.07, 6.45) is 2.04. The monoisotopic (exact) mass is 465 g/mol. The zero-order valence-corrected chi connectivity index (χ0v) is 18.1. The van der Waals surface area contributed by atoms with Gasteiger partial charge in [-0.2, -0.15) is 0 Å². The lowest BCUT2D eigenvalue weighted by Crippen LogP contribution is -2.36. The highest BCUT2D eigenvalue weighted by molar-refractivity contribution is 6.00. The maximum atomic E-state index is 14.8. The van der Waals surface area contributed by atoms with Crippen LogP contribution in [0, 0.1) is 11.6 Å². The molecule has 3 N–H and O–H groups in total. The van der Waals surface area contributed by atoms with Gasteiger partial charge in [0.1, 0.15) is 11.6 Å². The summed E-state index contributed by atoms with van der Waals surface area (Å²) >= 11 is 0. The van der Waals surface area contributed by atoms with E-state index in [1.54, 1.807) is 6.20 Å². The van der Waals surface area contributed by atoms with E-state index in [0.717, 1.165) is 30.9 Å². The van der Waals surface area contributed by atoms with Gasteiger partial charge in [0.2, 0.25) is 5.91 Å². The van der Waals surface area contributed by atoms with Gasteiger partial charge in [0.15, 0.2) is 0 Å². The maximum Gasteiger partial charge on any atom is 0.253 e. The van der Waals surface area contributed by atoms with Gasteiger partial charge in [0, 0.05) is 30.8 Å². The number of halogens is 2. The maximum absolute atomic E-state index is 14.8. The number of hydrogen-bond donors (Lipinski definition) is 2. The number of carbonyl (C=O) groups is 2. The highest BCUT2D eigenvalue weighted by atomic mass is 19.1. The molecule has 0 bridgehead atoms. The number of ether oxygens (including phenoxy) is 1. The van der Waals surface area contributed by atoms with Crippen molar-refractivity contribution in [3.8, 4) is 11.3 Å². The number of fused-ring (bicyclic) bond motifs is 1. The van der Waals surface area contributed by atoms with Gasteiger partial charge >= 0.3 is 0 Å². The summed E-state index contributed by atoms with van der Waals surface area (Å²) in [5, 5.41) is 2.71. The molecule has 2 aromatic heterocycles. The number of rotatable bonds is 5. The van der Waals surface area contributed by atoms with Crippen LogP contribution >= 0.6 is 0 Å². The number of morpholine rings is 1. The molecule has 2 amide bonds. The first-order valence-electron chi connectivity index (χ1n) is 10.8. The molecule has 0 spiro atoms. The van der Waals surface area contributed by atoms with E-state index in [4.69, 9.17) is 10.5 Å². The Bertz CT molecular complexity index is 1270. The van der Waals surface area contributed by atoms with E-state index in [1.165, 1.54) is 6.07 Å². The van der Waals surface area contributed by atoms with Gasteiger partial charge < -0.3 is 20.7 Å². The van der Waals surface area contributed by atoms with Gasteiger partial charge in [-0.25, -0.2) is 13.8 Å². The van der Waals surface area contributed by atoms with Gasteiger partial charge in [-0.05, 0) is 35.9 Å². The fourth-order valence-corrected chi connectivity index (χ4v) is 4.27. The Morgan fingerprint density at radius 2 is 1.85 bits per heavy atom. The Balaban J connectivity index is 1.51. The molecule has 0 aliphatic carbocycles. The lowest BCUT2D eigenvalue weighted by atomic mass is 9.98. The standard InChI is InChI=1S/C24H21F2N5O3/c25-17-8-14(23(27)32)9-18(26)22(17)19-10-13(21-20(30-19)12-29-24(21)33)7-15-1-2-16(11-28-15)31-3-5-34-6-4-31/h1-2,8-11H,3-7,12H2,(H2,27,32)(H,29,33). The van der Waals surface area contributed by atoms with E-state index in [2.05, 4.69) is 20.2 Å². The molecule has 1 aromatic carbocycles. The second kappa shape index (κ2) is 8.79. The normalized spacial score (nSPS) is 15.2. The summed E-state index contributed by atoms with van der Waals surface area (Å²) in [5.74, 6) is -3.15. The molecule has 2 aliphatic rings. The first-order valence-corrected chi connectivity index (χ1v) is 10.8. The van der Waals surface area contributed by atoms with Gasteiger partial charge in [-0.15, -0.1) is 0 Å². The third-order valence-electron chi connectivity index (χ3n) is 5.96. The molecule has 2 aliphatic heterocycles. The minimum absolute atomic E-state index is 0.0289. The predicted molar refractivity (Wildman–Crippen MR) is 119 cm³/mol. The first-order chi connectivity index (χ1) is 16.4.